The molecule has 17 heavy (non-hydrogen) atoms. The first kappa shape index (κ1) is 13.7. The number of carboxylic acids is 1. The van der Waals surface area contributed by atoms with Gasteiger partial charge in [0.05, 0.1) is 6.54 Å². The van der Waals surface area contributed by atoms with Crippen LogP contribution in [-0.4, -0.2) is 17.0 Å². The molecule has 0 saturated heterocycles. The van der Waals surface area contributed by atoms with E-state index in [2.05, 4.69) is 5.32 Å². The number of hydrogen-bond donors (Lipinski definition) is 2. The highest BCUT2D eigenvalue weighted by Gasteiger charge is 2.12. The Morgan fingerprint density at radius 2 is 2.18 bits per heavy atom. The molecule has 0 aliphatic heterocycles. The Labute approximate surface area is 105 Å². The first-order valence-corrected chi connectivity index (χ1v) is 6.38. The predicted octanol–water partition coefficient (Wildman–Crippen LogP) is 2.17. The van der Waals surface area contributed by atoms with Crippen LogP contribution in [-0.2, 0) is 16.1 Å². The highest BCUT2D eigenvalue weighted by atomic mass is 32.1. The molecule has 0 radical (unpaired) electrons. The summed E-state index contributed by atoms with van der Waals surface area (Å²) in [5, 5.41) is 13.4. The minimum Gasteiger partial charge on any atom is -0.481 e. The van der Waals surface area contributed by atoms with Gasteiger partial charge in [0.1, 0.15) is 0 Å². The number of aryl methyl sites for hydroxylation is 1. The SMILES string of the molecule is Cc1ccsc1CNC(=O)CC(C)CC(=O)O. The van der Waals surface area contributed by atoms with Crippen molar-refractivity contribution in [1.82, 2.24) is 5.32 Å². The lowest BCUT2D eigenvalue weighted by Gasteiger charge is -2.09. The lowest BCUT2D eigenvalue weighted by atomic mass is 10.0. The van der Waals surface area contributed by atoms with Crippen molar-refractivity contribution in [2.45, 2.75) is 33.2 Å². The maximum atomic E-state index is 11.5. The number of carboxylic acid groups (broad SMARTS) is 1. The third-order valence-corrected chi connectivity index (χ3v) is 3.49. The second kappa shape index (κ2) is 6.39. The Balaban J connectivity index is 2.30. The van der Waals surface area contributed by atoms with Crippen LogP contribution in [0, 0.1) is 12.8 Å². The summed E-state index contributed by atoms with van der Waals surface area (Å²) >= 11 is 1.61. The largest absolute Gasteiger partial charge is 0.481 e. The average molecular weight is 255 g/mol. The molecular formula is C12H17NO3S. The Morgan fingerprint density at radius 1 is 1.47 bits per heavy atom. The van der Waals surface area contributed by atoms with Crippen LogP contribution >= 0.6 is 11.3 Å². The van der Waals surface area contributed by atoms with E-state index in [-0.39, 0.29) is 24.7 Å². The maximum absolute atomic E-state index is 11.5. The van der Waals surface area contributed by atoms with Gasteiger partial charge >= 0.3 is 5.97 Å². The molecule has 2 N–H and O–H groups in total. The minimum atomic E-state index is -0.862. The summed E-state index contributed by atoms with van der Waals surface area (Å²) in [6.45, 7) is 4.30. The van der Waals surface area contributed by atoms with Gasteiger partial charge in [-0.05, 0) is 29.9 Å². The lowest BCUT2D eigenvalue weighted by Crippen LogP contribution is -2.25. The number of carbonyl (C=O) groups is 2. The number of aliphatic carboxylic acids is 1. The van der Waals surface area contributed by atoms with E-state index in [9.17, 15) is 9.59 Å². The molecule has 0 aromatic carbocycles. The van der Waals surface area contributed by atoms with Crippen molar-refractivity contribution in [2.24, 2.45) is 5.92 Å². The number of amides is 1. The van der Waals surface area contributed by atoms with E-state index in [1.165, 1.54) is 5.56 Å². The standard InChI is InChI=1S/C12H17NO3S/c1-8(6-12(15)16)5-11(14)13-7-10-9(2)3-4-17-10/h3-4,8H,5-7H2,1-2H3,(H,13,14)(H,15,16). The molecule has 1 heterocycles. The Hall–Kier alpha value is -1.36. The van der Waals surface area contributed by atoms with E-state index in [0.29, 0.717) is 6.54 Å². The van der Waals surface area contributed by atoms with E-state index >= 15 is 0 Å². The summed E-state index contributed by atoms with van der Waals surface area (Å²) in [6.07, 6.45) is 0.294. The third-order valence-electron chi connectivity index (χ3n) is 2.47. The van der Waals surface area contributed by atoms with Crippen LogP contribution in [0.25, 0.3) is 0 Å². The summed E-state index contributed by atoms with van der Waals surface area (Å²) in [4.78, 5) is 23.1. The third kappa shape index (κ3) is 4.99. The van der Waals surface area contributed by atoms with Gasteiger partial charge in [-0.15, -0.1) is 11.3 Å². The van der Waals surface area contributed by atoms with Crippen molar-refractivity contribution >= 4 is 23.2 Å². The van der Waals surface area contributed by atoms with E-state index in [0.717, 1.165) is 4.88 Å². The summed E-state index contributed by atoms with van der Waals surface area (Å²) in [6, 6.07) is 2.01. The zero-order chi connectivity index (χ0) is 12.8. The Morgan fingerprint density at radius 3 is 2.71 bits per heavy atom. The van der Waals surface area contributed by atoms with E-state index in [1.54, 1.807) is 18.3 Å². The van der Waals surface area contributed by atoms with Gasteiger partial charge in [0.15, 0.2) is 0 Å². The van der Waals surface area contributed by atoms with E-state index in [4.69, 9.17) is 5.11 Å². The fourth-order valence-electron chi connectivity index (χ4n) is 1.52. The molecule has 4 nitrogen and oxygen atoms in total. The lowest BCUT2D eigenvalue weighted by molar-refractivity contribution is -0.138. The predicted molar refractivity (Wildman–Crippen MR) is 66.9 cm³/mol. The molecule has 0 aliphatic carbocycles. The van der Waals surface area contributed by atoms with Gasteiger partial charge in [-0.2, -0.15) is 0 Å². The molecular weight excluding hydrogens is 238 g/mol. The molecule has 1 aromatic heterocycles. The fourth-order valence-corrected chi connectivity index (χ4v) is 2.37. The first-order chi connectivity index (χ1) is 7.99. The van der Waals surface area contributed by atoms with Crippen LogP contribution in [0.4, 0.5) is 0 Å². The van der Waals surface area contributed by atoms with Crippen molar-refractivity contribution in [3.8, 4) is 0 Å². The van der Waals surface area contributed by atoms with Crippen LogP contribution in [0.2, 0.25) is 0 Å². The molecule has 1 aromatic rings. The van der Waals surface area contributed by atoms with Gasteiger partial charge in [-0.25, -0.2) is 0 Å². The van der Waals surface area contributed by atoms with Gasteiger partial charge in [0.25, 0.3) is 0 Å². The smallest absolute Gasteiger partial charge is 0.303 e. The van der Waals surface area contributed by atoms with Crippen LogP contribution in [0.15, 0.2) is 11.4 Å². The quantitative estimate of drug-likeness (QED) is 0.818. The summed E-state index contributed by atoms with van der Waals surface area (Å²) in [7, 11) is 0. The van der Waals surface area contributed by atoms with Crippen molar-refractivity contribution in [2.75, 3.05) is 0 Å². The molecule has 1 atom stereocenters. The van der Waals surface area contributed by atoms with Crippen molar-refractivity contribution in [3.63, 3.8) is 0 Å². The summed E-state index contributed by atoms with van der Waals surface area (Å²) < 4.78 is 0. The summed E-state index contributed by atoms with van der Waals surface area (Å²) in [5.41, 5.74) is 1.17. The van der Waals surface area contributed by atoms with Gasteiger partial charge < -0.3 is 10.4 Å². The number of rotatable bonds is 6. The zero-order valence-corrected chi connectivity index (χ0v) is 10.8. The van der Waals surface area contributed by atoms with E-state index < -0.39 is 5.97 Å². The molecule has 0 bridgehead atoms. The van der Waals surface area contributed by atoms with Crippen LogP contribution < -0.4 is 5.32 Å². The molecule has 5 heteroatoms. The van der Waals surface area contributed by atoms with Crippen LogP contribution in [0.1, 0.15) is 30.2 Å². The van der Waals surface area contributed by atoms with Crippen molar-refractivity contribution in [1.29, 1.82) is 0 Å². The topological polar surface area (TPSA) is 66.4 Å². The molecule has 0 spiro atoms. The molecule has 94 valence electrons. The zero-order valence-electron chi connectivity index (χ0n) is 10.0. The van der Waals surface area contributed by atoms with Crippen LogP contribution in [0.3, 0.4) is 0 Å². The number of thiophene rings is 1. The molecule has 0 aliphatic rings. The molecule has 1 unspecified atom stereocenters. The number of carbonyl (C=O) groups excluding carboxylic acids is 1. The van der Waals surface area contributed by atoms with Gasteiger partial charge in [0, 0.05) is 17.7 Å². The van der Waals surface area contributed by atoms with Gasteiger partial charge in [-0.1, -0.05) is 6.92 Å². The second-order valence-electron chi connectivity index (χ2n) is 4.21. The fraction of sp³-hybridized carbons (Fsp3) is 0.500. The molecule has 1 rings (SSSR count). The first-order valence-electron chi connectivity index (χ1n) is 5.50. The van der Waals surface area contributed by atoms with Crippen LogP contribution in [0.5, 0.6) is 0 Å². The monoisotopic (exact) mass is 255 g/mol. The summed E-state index contributed by atoms with van der Waals surface area (Å²) in [5.74, 6) is -1.08. The van der Waals surface area contributed by atoms with Gasteiger partial charge in [0.2, 0.25) is 5.91 Å². The maximum Gasteiger partial charge on any atom is 0.303 e. The Kier molecular flexibility index (Phi) is 5.15. The number of hydrogen-bond acceptors (Lipinski definition) is 3. The normalized spacial score (nSPS) is 12.1. The second-order valence-corrected chi connectivity index (χ2v) is 5.21. The van der Waals surface area contributed by atoms with Crippen molar-refractivity contribution < 1.29 is 14.7 Å². The minimum absolute atomic E-state index is 0.0332. The molecule has 0 fully saturated rings. The number of nitrogens with one attached hydrogen (secondary N) is 1. The van der Waals surface area contributed by atoms with E-state index in [1.807, 2.05) is 18.4 Å². The Bertz CT molecular complexity index is 400. The van der Waals surface area contributed by atoms with Gasteiger partial charge in [-0.3, -0.25) is 9.59 Å². The molecule has 0 saturated carbocycles. The highest BCUT2D eigenvalue weighted by Crippen LogP contribution is 2.15. The average Bonchev–Trinajstić information content (AvgIpc) is 2.59. The highest BCUT2D eigenvalue weighted by molar-refractivity contribution is 7.10. The van der Waals surface area contributed by atoms with Crippen molar-refractivity contribution in [3.05, 3.63) is 21.9 Å². The molecule has 1 amide bonds.